The van der Waals surface area contributed by atoms with E-state index in [1.54, 1.807) is 24.3 Å². The molecule has 0 saturated carbocycles. The Morgan fingerprint density at radius 3 is 2.84 bits per heavy atom. The molecular formula is C17H13ClFN3O3. The van der Waals surface area contributed by atoms with Crippen LogP contribution in [0.3, 0.4) is 0 Å². The number of hydrogen-bond donors (Lipinski definition) is 1. The fourth-order valence-corrected chi connectivity index (χ4v) is 2.52. The molecule has 128 valence electrons. The van der Waals surface area contributed by atoms with Crippen LogP contribution in [0.1, 0.15) is 0 Å². The lowest BCUT2D eigenvalue weighted by molar-refractivity contribution is -0.116. The van der Waals surface area contributed by atoms with Crippen LogP contribution in [0.4, 0.5) is 10.1 Å². The largest absolute Gasteiger partial charge is 0.494 e. The van der Waals surface area contributed by atoms with Gasteiger partial charge in [0.1, 0.15) is 6.54 Å². The van der Waals surface area contributed by atoms with Crippen molar-refractivity contribution in [3.05, 3.63) is 63.9 Å². The van der Waals surface area contributed by atoms with Gasteiger partial charge in [0.25, 0.3) is 5.56 Å². The lowest BCUT2D eigenvalue weighted by atomic mass is 10.2. The summed E-state index contributed by atoms with van der Waals surface area (Å²) in [5.41, 5.74) is 0.156. The minimum atomic E-state index is -0.615. The first kappa shape index (κ1) is 16.9. The third-order valence-electron chi connectivity index (χ3n) is 3.56. The van der Waals surface area contributed by atoms with Crippen LogP contribution in [0.5, 0.6) is 5.75 Å². The summed E-state index contributed by atoms with van der Waals surface area (Å²) in [7, 11) is 1.30. The number of benzene rings is 2. The Bertz CT molecular complexity index is 1020. The summed E-state index contributed by atoms with van der Waals surface area (Å²) >= 11 is 5.98. The van der Waals surface area contributed by atoms with Gasteiger partial charge in [0.05, 0.1) is 35.1 Å². The first-order chi connectivity index (χ1) is 12.0. The second-order valence-corrected chi connectivity index (χ2v) is 5.62. The topological polar surface area (TPSA) is 73.2 Å². The maximum Gasteiger partial charge on any atom is 0.261 e. The van der Waals surface area contributed by atoms with E-state index in [1.807, 2.05) is 0 Å². The summed E-state index contributed by atoms with van der Waals surface area (Å²) in [6, 6.07) is 9.14. The second kappa shape index (κ2) is 6.90. The zero-order chi connectivity index (χ0) is 18.0. The monoisotopic (exact) mass is 361 g/mol. The van der Waals surface area contributed by atoms with Crippen LogP contribution in [-0.2, 0) is 11.3 Å². The van der Waals surface area contributed by atoms with E-state index in [0.717, 1.165) is 10.6 Å². The van der Waals surface area contributed by atoms with E-state index in [9.17, 15) is 14.0 Å². The van der Waals surface area contributed by atoms with E-state index < -0.39 is 17.3 Å². The maximum atomic E-state index is 13.7. The molecule has 0 aliphatic carbocycles. The van der Waals surface area contributed by atoms with Gasteiger partial charge in [0.15, 0.2) is 11.6 Å². The Hall–Kier alpha value is -2.93. The normalized spacial score (nSPS) is 10.7. The van der Waals surface area contributed by atoms with Crippen LogP contribution < -0.4 is 15.6 Å². The minimum Gasteiger partial charge on any atom is -0.494 e. The molecule has 0 saturated heterocycles. The van der Waals surface area contributed by atoms with E-state index in [1.165, 1.54) is 19.5 Å². The van der Waals surface area contributed by atoms with Crippen LogP contribution in [0.25, 0.3) is 10.9 Å². The van der Waals surface area contributed by atoms with Crippen molar-refractivity contribution >= 4 is 34.1 Å². The second-order valence-electron chi connectivity index (χ2n) is 5.21. The average Bonchev–Trinajstić information content (AvgIpc) is 2.59. The quantitative estimate of drug-likeness (QED) is 0.775. The molecule has 0 bridgehead atoms. The highest BCUT2D eigenvalue weighted by Gasteiger charge is 2.13. The molecule has 0 unspecified atom stereocenters. The maximum absolute atomic E-state index is 13.7. The highest BCUT2D eigenvalue weighted by molar-refractivity contribution is 6.33. The molecule has 0 spiro atoms. The standard InChI is InChI=1S/C17H13ClFN3O3/c1-25-15-6-10-14(7-12(15)19)20-9-22(17(10)24)8-16(23)21-13-5-3-2-4-11(13)18/h2-7,9H,8H2,1H3,(H,21,23). The van der Waals surface area contributed by atoms with Crippen LogP contribution >= 0.6 is 11.6 Å². The summed E-state index contributed by atoms with van der Waals surface area (Å²) in [4.78, 5) is 28.7. The van der Waals surface area contributed by atoms with Crippen molar-refractivity contribution in [2.75, 3.05) is 12.4 Å². The first-order valence-electron chi connectivity index (χ1n) is 7.26. The van der Waals surface area contributed by atoms with Crippen molar-refractivity contribution in [2.45, 2.75) is 6.54 Å². The van der Waals surface area contributed by atoms with Gasteiger partial charge in [0, 0.05) is 6.07 Å². The van der Waals surface area contributed by atoms with Gasteiger partial charge in [-0.3, -0.25) is 14.2 Å². The SMILES string of the molecule is COc1cc2c(=O)n(CC(=O)Nc3ccccc3Cl)cnc2cc1F. The van der Waals surface area contributed by atoms with Gasteiger partial charge in [-0.2, -0.15) is 0 Å². The third-order valence-corrected chi connectivity index (χ3v) is 3.89. The van der Waals surface area contributed by atoms with Gasteiger partial charge in [-0.1, -0.05) is 23.7 Å². The molecule has 1 N–H and O–H groups in total. The highest BCUT2D eigenvalue weighted by Crippen LogP contribution is 2.22. The molecule has 3 rings (SSSR count). The molecule has 25 heavy (non-hydrogen) atoms. The number of fused-ring (bicyclic) bond motifs is 1. The van der Waals surface area contributed by atoms with Crippen LogP contribution in [0.15, 0.2) is 47.5 Å². The molecule has 8 heteroatoms. The number of aromatic nitrogens is 2. The Labute approximate surface area is 146 Å². The number of nitrogens with zero attached hydrogens (tertiary/aromatic N) is 2. The number of para-hydroxylation sites is 1. The predicted octanol–water partition coefficient (Wildman–Crippen LogP) is 2.84. The van der Waals surface area contributed by atoms with Crippen molar-refractivity contribution in [2.24, 2.45) is 0 Å². The number of nitrogens with one attached hydrogen (secondary N) is 1. The molecular weight excluding hydrogens is 349 g/mol. The number of methoxy groups -OCH3 is 1. The number of hydrogen-bond acceptors (Lipinski definition) is 4. The van der Waals surface area contributed by atoms with Crippen molar-refractivity contribution in [1.29, 1.82) is 0 Å². The lowest BCUT2D eigenvalue weighted by Gasteiger charge is -2.10. The van der Waals surface area contributed by atoms with Crippen LogP contribution in [0.2, 0.25) is 5.02 Å². The number of anilines is 1. The minimum absolute atomic E-state index is 0.0651. The molecule has 2 aromatic carbocycles. The highest BCUT2D eigenvalue weighted by atomic mass is 35.5. The molecule has 1 aromatic heterocycles. The van der Waals surface area contributed by atoms with E-state index in [2.05, 4.69) is 10.3 Å². The Morgan fingerprint density at radius 2 is 2.12 bits per heavy atom. The third kappa shape index (κ3) is 3.46. The van der Waals surface area contributed by atoms with Gasteiger partial charge in [-0.05, 0) is 18.2 Å². The molecule has 0 radical (unpaired) electrons. The van der Waals surface area contributed by atoms with Gasteiger partial charge < -0.3 is 10.1 Å². The molecule has 0 atom stereocenters. The summed E-state index contributed by atoms with van der Waals surface area (Å²) < 4.78 is 19.7. The number of rotatable bonds is 4. The average molecular weight is 362 g/mol. The smallest absolute Gasteiger partial charge is 0.261 e. The summed E-state index contributed by atoms with van der Waals surface area (Å²) in [6.45, 7) is -0.257. The van der Waals surface area contributed by atoms with Crippen molar-refractivity contribution in [1.82, 2.24) is 9.55 Å². The number of carbonyl (C=O) groups excluding carboxylic acids is 1. The van der Waals surface area contributed by atoms with E-state index in [4.69, 9.17) is 16.3 Å². The number of amides is 1. The lowest BCUT2D eigenvalue weighted by Crippen LogP contribution is -2.28. The van der Waals surface area contributed by atoms with E-state index >= 15 is 0 Å². The van der Waals surface area contributed by atoms with E-state index in [-0.39, 0.29) is 23.2 Å². The summed E-state index contributed by atoms with van der Waals surface area (Å²) in [6.07, 6.45) is 1.20. The summed E-state index contributed by atoms with van der Waals surface area (Å²) in [5, 5.41) is 3.17. The predicted molar refractivity (Wildman–Crippen MR) is 92.6 cm³/mol. The molecule has 0 aliphatic rings. The molecule has 1 amide bonds. The molecule has 0 aliphatic heterocycles. The van der Waals surface area contributed by atoms with Gasteiger partial charge >= 0.3 is 0 Å². The molecule has 1 heterocycles. The molecule has 0 fully saturated rings. The van der Waals surface area contributed by atoms with Gasteiger partial charge in [0.2, 0.25) is 5.91 Å². The first-order valence-corrected chi connectivity index (χ1v) is 7.64. The Kier molecular flexibility index (Phi) is 4.67. The zero-order valence-corrected chi connectivity index (χ0v) is 13.9. The van der Waals surface area contributed by atoms with E-state index in [0.29, 0.717) is 10.7 Å². The number of halogens is 2. The fourth-order valence-electron chi connectivity index (χ4n) is 2.34. The van der Waals surface area contributed by atoms with Crippen molar-refractivity contribution < 1.29 is 13.9 Å². The van der Waals surface area contributed by atoms with Crippen molar-refractivity contribution in [3.63, 3.8) is 0 Å². The Balaban J connectivity index is 1.90. The van der Waals surface area contributed by atoms with Gasteiger partial charge in [-0.25, -0.2) is 9.37 Å². The zero-order valence-electron chi connectivity index (χ0n) is 13.1. The fraction of sp³-hybridized carbons (Fsp3) is 0.118. The Morgan fingerprint density at radius 1 is 1.36 bits per heavy atom. The van der Waals surface area contributed by atoms with Gasteiger partial charge in [-0.15, -0.1) is 0 Å². The number of carbonyl (C=O) groups is 1. The molecule has 3 aromatic rings. The number of ether oxygens (including phenoxy) is 1. The van der Waals surface area contributed by atoms with Crippen LogP contribution in [0, 0.1) is 5.82 Å². The molecule has 6 nitrogen and oxygen atoms in total. The summed E-state index contributed by atoms with van der Waals surface area (Å²) in [5.74, 6) is -1.12. The van der Waals surface area contributed by atoms with Crippen molar-refractivity contribution in [3.8, 4) is 5.75 Å². The van der Waals surface area contributed by atoms with Crippen LogP contribution in [-0.4, -0.2) is 22.6 Å².